The molecule has 0 saturated carbocycles. The van der Waals surface area contributed by atoms with Crippen LogP contribution in [0.15, 0.2) is 24.3 Å². The molecule has 3 nitrogen and oxygen atoms in total. The van der Waals surface area contributed by atoms with Crippen molar-refractivity contribution in [2.24, 2.45) is 5.92 Å². The van der Waals surface area contributed by atoms with E-state index in [1.165, 1.54) is 31.5 Å². The molecule has 0 radical (unpaired) electrons. The maximum atomic E-state index is 9.23. The molecule has 1 heterocycles. The van der Waals surface area contributed by atoms with E-state index in [0.29, 0.717) is 12.1 Å². The zero-order valence-corrected chi connectivity index (χ0v) is 13.7. The summed E-state index contributed by atoms with van der Waals surface area (Å²) in [4.78, 5) is 2.61. The summed E-state index contributed by atoms with van der Waals surface area (Å²) in [7, 11) is 0. The van der Waals surface area contributed by atoms with Crippen LogP contribution in [0, 0.1) is 5.92 Å². The smallest absolute Gasteiger partial charge is 0.0681 e. The number of benzene rings is 1. The number of aliphatic hydroxyl groups excluding tert-OH is 1. The van der Waals surface area contributed by atoms with Crippen LogP contribution in [0.2, 0.25) is 0 Å². The summed E-state index contributed by atoms with van der Waals surface area (Å²) in [5, 5.41) is 12.9. The molecule has 0 bridgehead atoms. The first-order valence-corrected chi connectivity index (χ1v) is 8.27. The van der Waals surface area contributed by atoms with Crippen LogP contribution in [0.1, 0.15) is 50.8 Å². The molecule has 3 heteroatoms. The number of nitrogens with one attached hydrogen (secondary N) is 1. The van der Waals surface area contributed by atoms with Crippen molar-refractivity contribution in [2.45, 2.75) is 52.3 Å². The van der Waals surface area contributed by atoms with Gasteiger partial charge in [-0.2, -0.15) is 0 Å². The number of aliphatic hydroxyl groups is 1. The summed E-state index contributed by atoms with van der Waals surface area (Å²) in [6.07, 6.45) is 2.71. The molecule has 3 unspecified atom stereocenters. The normalized spacial score (nSPS) is 23.0. The largest absolute Gasteiger partial charge is 0.392 e. The number of rotatable bonds is 6. The highest BCUT2D eigenvalue weighted by atomic mass is 16.3. The summed E-state index contributed by atoms with van der Waals surface area (Å²) in [5.74, 6) is 0.833. The summed E-state index contributed by atoms with van der Waals surface area (Å²) in [6.45, 7) is 10.5. The second-order valence-electron chi connectivity index (χ2n) is 6.62. The fourth-order valence-corrected chi connectivity index (χ4v) is 3.18. The molecule has 1 aliphatic heterocycles. The maximum Gasteiger partial charge on any atom is 0.0681 e. The van der Waals surface area contributed by atoms with Gasteiger partial charge in [-0.1, -0.05) is 31.2 Å². The number of hydrogen-bond donors (Lipinski definition) is 2. The lowest BCUT2D eigenvalue weighted by Crippen LogP contribution is -2.45. The Morgan fingerprint density at radius 2 is 2.19 bits per heavy atom. The van der Waals surface area contributed by atoms with Crippen molar-refractivity contribution in [3.05, 3.63) is 35.4 Å². The molecule has 3 atom stereocenters. The Hall–Kier alpha value is -0.900. The fourth-order valence-electron chi connectivity index (χ4n) is 3.18. The second-order valence-corrected chi connectivity index (χ2v) is 6.62. The number of hydrogen-bond acceptors (Lipinski definition) is 3. The third-order valence-corrected chi connectivity index (χ3v) is 4.66. The molecule has 118 valence electrons. The lowest BCUT2D eigenvalue weighted by atomic mass is 9.99. The van der Waals surface area contributed by atoms with Gasteiger partial charge in [-0.05, 0) is 50.3 Å². The molecule has 2 rings (SSSR count). The Kier molecular flexibility index (Phi) is 6.22. The monoisotopic (exact) mass is 290 g/mol. The average Bonchev–Trinajstić information content (AvgIpc) is 2.52. The maximum absolute atomic E-state index is 9.23. The summed E-state index contributed by atoms with van der Waals surface area (Å²) in [5.41, 5.74) is 2.24. The van der Waals surface area contributed by atoms with Gasteiger partial charge in [0, 0.05) is 25.2 Å². The van der Waals surface area contributed by atoms with Crippen molar-refractivity contribution in [3.63, 3.8) is 0 Å². The molecule has 0 aliphatic carbocycles. The zero-order valence-electron chi connectivity index (χ0n) is 13.7. The van der Waals surface area contributed by atoms with Gasteiger partial charge in [0.05, 0.1) is 6.61 Å². The van der Waals surface area contributed by atoms with Crippen LogP contribution >= 0.6 is 0 Å². The molecule has 0 amide bonds. The van der Waals surface area contributed by atoms with E-state index in [1.807, 2.05) is 12.1 Å². The van der Waals surface area contributed by atoms with Gasteiger partial charge in [-0.3, -0.25) is 4.90 Å². The highest BCUT2D eigenvalue weighted by molar-refractivity contribution is 5.25. The van der Waals surface area contributed by atoms with Crippen LogP contribution < -0.4 is 5.32 Å². The topological polar surface area (TPSA) is 35.5 Å². The molecule has 1 aliphatic rings. The van der Waals surface area contributed by atoms with E-state index in [-0.39, 0.29) is 6.61 Å². The number of likely N-dealkylation sites (tertiary alicyclic amines) is 1. The minimum Gasteiger partial charge on any atom is -0.392 e. The van der Waals surface area contributed by atoms with Crippen molar-refractivity contribution in [2.75, 3.05) is 19.6 Å². The van der Waals surface area contributed by atoms with E-state index < -0.39 is 0 Å². The Morgan fingerprint density at radius 3 is 2.90 bits per heavy atom. The standard InChI is InChI=1S/C18H30N2O/c1-14-6-5-9-20(12-14)15(2)11-19-16(3)18-8-4-7-17(10-18)13-21/h4,7-8,10,14-16,19,21H,5-6,9,11-13H2,1-3H3. The van der Waals surface area contributed by atoms with Gasteiger partial charge < -0.3 is 10.4 Å². The lowest BCUT2D eigenvalue weighted by molar-refractivity contribution is 0.135. The van der Waals surface area contributed by atoms with E-state index in [0.717, 1.165) is 18.0 Å². The van der Waals surface area contributed by atoms with Gasteiger partial charge in [0.25, 0.3) is 0 Å². The molecule has 1 aromatic rings. The zero-order chi connectivity index (χ0) is 15.2. The van der Waals surface area contributed by atoms with Crippen LogP contribution in [-0.4, -0.2) is 35.7 Å². The third kappa shape index (κ3) is 4.80. The number of nitrogens with zero attached hydrogens (tertiary/aromatic N) is 1. The molecular weight excluding hydrogens is 260 g/mol. The SMILES string of the molecule is CC1CCCN(C(C)CNC(C)c2cccc(CO)c2)C1. The van der Waals surface area contributed by atoms with Gasteiger partial charge in [0.2, 0.25) is 0 Å². The van der Waals surface area contributed by atoms with E-state index in [1.54, 1.807) is 0 Å². The Balaban J connectivity index is 1.83. The van der Waals surface area contributed by atoms with Crippen molar-refractivity contribution in [1.29, 1.82) is 0 Å². The van der Waals surface area contributed by atoms with E-state index >= 15 is 0 Å². The van der Waals surface area contributed by atoms with Crippen LogP contribution in [-0.2, 0) is 6.61 Å². The molecule has 21 heavy (non-hydrogen) atoms. The molecule has 2 N–H and O–H groups in total. The first-order chi connectivity index (χ1) is 10.1. The second kappa shape index (κ2) is 7.92. The summed E-state index contributed by atoms with van der Waals surface area (Å²) in [6, 6.07) is 9.11. The Morgan fingerprint density at radius 1 is 1.38 bits per heavy atom. The van der Waals surface area contributed by atoms with Crippen molar-refractivity contribution in [3.8, 4) is 0 Å². The quantitative estimate of drug-likeness (QED) is 0.845. The first-order valence-electron chi connectivity index (χ1n) is 8.27. The van der Waals surface area contributed by atoms with Crippen LogP contribution in [0.5, 0.6) is 0 Å². The van der Waals surface area contributed by atoms with Gasteiger partial charge in [0.15, 0.2) is 0 Å². The number of piperidine rings is 1. The summed E-state index contributed by atoms with van der Waals surface area (Å²) < 4.78 is 0. The Labute approximate surface area is 129 Å². The van der Waals surface area contributed by atoms with Gasteiger partial charge in [0.1, 0.15) is 0 Å². The van der Waals surface area contributed by atoms with Crippen molar-refractivity contribution < 1.29 is 5.11 Å². The third-order valence-electron chi connectivity index (χ3n) is 4.66. The van der Waals surface area contributed by atoms with Crippen LogP contribution in [0.3, 0.4) is 0 Å². The van der Waals surface area contributed by atoms with Gasteiger partial charge >= 0.3 is 0 Å². The fraction of sp³-hybridized carbons (Fsp3) is 0.667. The molecule has 1 saturated heterocycles. The molecular formula is C18H30N2O. The van der Waals surface area contributed by atoms with Crippen molar-refractivity contribution >= 4 is 0 Å². The minimum atomic E-state index is 0.114. The summed E-state index contributed by atoms with van der Waals surface area (Å²) >= 11 is 0. The van der Waals surface area contributed by atoms with E-state index in [9.17, 15) is 5.11 Å². The Bertz CT molecular complexity index is 435. The molecule has 0 aromatic heterocycles. The van der Waals surface area contributed by atoms with Crippen LogP contribution in [0.4, 0.5) is 0 Å². The molecule has 1 fully saturated rings. The first kappa shape index (κ1) is 16.5. The van der Waals surface area contributed by atoms with Gasteiger partial charge in [-0.15, -0.1) is 0 Å². The highest BCUT2D eigenvalue weighted by Gasteiger charge is 2.21. The lowest BCUT2D eigenvalue weighted by Gasteiger charge is -2.36. The average molecular weight is 290 g/mol. The van der Waals surface area contributed by atoms with Crippen LogP contribution in [0.25, 0.3) is 0 Å². The molecule has 1 aromatic carbocycles. The molecule has 0 spiro atoms. The predicted molar refractivity (Wildman–Crippen MR) is 88.2 cm³/mol. The predicted octanol–water partition coefficient (Wildman–Crippen LogP) is 2.95. The highest BCUT2D eigenvalue weighted by Crippen LogP contribution is 2.18. The van der Waals surface area contributed by atoms with E-state index in [4.69, 9.17) is 0 Å². The van der Waals surface area contributed by atoms with Crippen molar-refractivity contribution in [1.82, 2.24) is 10.2 Å². The van der Waals surface area contributed by atoms with Gasteiger partial charge in [-0.25, -0.2) is 0 Å². The minimum absolute atomic E-state index is 0.114. The van der Waals surface area contributed by atoms with E-state index in [2.05, 4.69) is 43.1 Å².